The van der Waals surface area contributed by atoms with Crippen molar-refractivity contribution in [1.82, 2.24) is 4.98 Å². The fourth-order valence-electron chi connectivity index (χ4n) is 1.50. The van der Waals surface area contributed by atoms with Crippen LogP contribution in [0.15, 0.2) is 41.0 Å². The number of nitrogens with one attached hydrogen (secondary N) is 1. The highest BCUT2D eigenvalue weighted by atomic mass is 79.9. The van der Waals surface area contributed by atoms with E-state index in [1.807, 2.05) is 13.0 Å². The van der Waals surface area contributed by atoms with Gasteiger partial charge in [0.25, 0.3) is 5.91 Å². The van der Waals surface area contributed by atoms with Crippen LogP contribution in [0, 0.1) is 6.92 Å². The number of amides is 1. The highest BCUT2D eigenvalue weighted by Gasteiger charge is 2.11. The van der Waals surface area contributed by atoms with Crippen LogP contribution in [-0.4, -0.2) is 10.9 Å². The third-order valence-electron chi connectivity index (χ3n) is 2.36. The van der Waals surface area contributed by atoms with Gasteiger partial charge in [0.15, 0.2) is 0 Å². The molecule has 0 aliphatic rings. The lowest BCUT2D eigenvalue weighted by Crippen LogP contribution is -2.15. The van der Waals surface area contributed by atoms with Crippen molar-refractivity contribution in [2.45, 2.75) is 6.92 Å². The zero-order valence-electron chi connectivity index (χ0n) is 9.58. The monoisotopic (exact) mass is 324 g/mol. The molecule has 0 aliphatic carbocycles. The van der Waals surface area contributed by atoms with Gasteiger partial charge in [0, 0.05) is 21.4 Å². The number of nitrogens with zero attached hydrogens (tertiary/aromatic N) is 1. The molecule has 0 unspecified atom stereocenters. The topological polar surface area (TPSA) is 42.0 Å². The van der Waals surface area contributed by atoms with Crippen molar-refractivity contribution in [1.29, 1.82) is 0 Å². The first-order valence-electron chi connectivity index (χ1n) is 5.25. The number of rotatable bonds is 2. The van der Waals surface area contributed by atoms with Gasteiger partial charge < -0.3 is 5.32 Å². The van der Waals surface area contributed by atoms with E-state index < -0.39 is 0 Å². The molecule has 18 heavy (non-hydrogen) atoms. The number of carbonyl (C=O) groups is 1. The smallest absolute Gasteiger partial charge is 0.274 e. The minimum atomic E-state index is -0.234. The fraction of sp³-hybridized carbons (Fsp3) is 0.0769. The quantitative estimate of drug-likeness (QED) is 0.905. The van der Waals surface area contributed by atoms with Crippen LogP contribution in [-0.2, 0) is 0 Å². The van der Waals surface area contributed by atoms with Gasteiger partial charge in [-0.1, -0.05) is 11.6 Å². The summed E-state index contributed by atoms with van der Waals surface area (Å²) in [5, 5.41) is 3.40. The molecular formula is C13H10BrClN2O. The van der Waals surface area contributed by atoms with Crippen LogP contribution in [0.3, 0.4) is 0 Å². The van der Waals surface area contributed by atoms with E-state index in [1.165, 1.54) is 0 Å². The van der Waals surface area contributed by atoms with E-state index in [1.54, 1.807) is 30.5 Å². The summed E-state index contributed by atoms with van der Waals surface area (Å²) in [5.74, 6) is -0.234. The average molecular weight is 326 g/mol. The number of aryl methyl sites for hydroxylation is 1. The van der Waals surface area contributed by atoms with Gasteiger partial charge in [-0.2, -0.15) is 0 Å². The van der Waals surface area contributed by atoms with Crippen molar-refractivity contribution < 1.29 is 4.79 Å². The molecule has 0 saturated carbocycles. The van der Waals surface area contributed by atoms with Crippen LogP contribution in [0.25, 0.3) is 0 Å². The average Bonchev–Trinajstić information content (AvgIpc) is 2.32. The minimum Gasteiger partial charge on any atom is -0.321 e. The van der Waals surface area contributed by atoms with E-state index >= 15 is 0 Å². The van der Waals surface area contributed by atoms with Gasteiger partial charge in [0.2, 0.25) is 0 Å². The van der Waals surface area contributed by atoms with Gasteiger partial charge in [-0.25, -0.2) is 4.98 Å². The Kier molecular flexibility index (Phi) is 3.99. The second-order valence-corrected chi connectivity index (χ2v) is 5.13. The largest absolute Gasteiger partial charge is 0.321 e. The summed E-state index contributed by atoms with van der Waals surface area (Å²) in [5.41, 5.74) is 1.91. The third-order valence-corrected chi connectivity index (χ3v) is 3.05. The molecule has 0 spiro atoms. The van der Waals surface area contributed by atoms with Gasteiger partial charge in [-0.3, -0.25) is 4.79 Å². The number of hydrogen-bond donors (Lipinski definition) is 1. The number of benzene rings is 1. The Morgan fingerprint density at radius 2 is 2.00 bits per heavy atom. The Bertz CT molecular complexity index is 584. The molecule has 92 valence electrons. The summed E-state index contributed by atoms with van der Waals surface area (Å²) in [6.45, 7) is 1.84. The first-order valence-corrected chi connectivity index (χ1v) is 6.42. The molecule has 0 atom stereocenters. The molecule has 1 aromatic heterocycles. The molecule has 3 nitrogen and oxygen atoms in total. The molecule has 0 aliphatic heterocycles. The highest BCUT2D eigenvalue weighted by Crippen LogP contribution is 2.16. The van der Waals surface area contributed by atoms with Crippen molar-refractivity contribution in [3.63, 3.8) is 0 Å². The SMILES string of the molecule is Cc1cc(Br)cnc1C(=O)Nc1ccc(Cl)cc1. The lowest BCUT2D eigenvalue weighted by molar-refractivity contribution is 0.102. The van der Waals surface area contributed by atoms with Gasteiger partial charge in [0.1, 0.15) is 5.69 Å². The van der Waals surface area contributed by atoms with Crippen molar-refractivity contribution in [3.05, 3.63) is 57.3 Å². The maximum Gasteiger partial charge on any atom is 0.274 e. The number of carbonyl (C=O) groups excluding carboxylic acids is 1. The van der Waals surface area contributed by atoms with E-state index in [0.717, 1.165) is 10.0 Å². The third kappa shape index (κ3) is 3.09. The molecule has 2 aromatic rings. The fourth-order valence-corrected chi connectivity index (χ4v) is 2.07. The van der Waals surface area contributed by atoms with Crippen LogP contribution >= 0.6 is 27.5 Å². The second-order valence-electron chi connectivity index (χ2n) is 3.78. The maximum absolute atomic E-state index is 12.0. The van der Waals surface area contributed by atoms with Gasteiger partial charge in [-0.15, -0.1) is 0 Å². The molecular weight excluding hydrogens is 316 g/mol. The van der Waals surface area contributed by atoms with Crippen LogP contribution < -0.4 is 5.32 Å². The Morgan fingerprint density at radius 1 is 1.33 bits per heavy atom. The predicted octanol–water partition coefficient (Wildman–Crippen LogP) is 4.06. The lowest BCUT2D eigenvalue weighted by Gasteiger charge is -2.07. The highest BCUT2D eigenvalue weighted by molar-refractivity contribution is 9.10. The summed E-state index contributed by atoms with van der Waals surface area (Å²) in [6, 6.07) is 8.78. The molecule has 0 fully saturated rings. The van der Waals surface area contributed by atoms with Gasteiger partial charge in [-0.05, 0) is 58.7 Å². The van der Waals surface area contributed by atoms with E-state index in [4.69, 9.17) is 11.6 Å². The van der Waals surface area contributed by atoms with Crippen LogP contribution in [0.5, 0.6) is 0 Å². The Labute approximate surface area is 118 Å². The Hall–Kier alpha value is -1.39. The molecule has 0 saturated heterocycles. The summed E-state index contributed by atoms with van der Waals surface area (Å²) in [4.78, 5) is 16.1. The Morgan fingerprint density at radius 3 is 2.61 bits per heavy atom. The second kappa shape index (κ2) is 5.50. The molecule has 1 N–H and O–H groups in total. The summed E-state index contributed by atoms with van der Waals surface area (Å²) >= 11 is 9.09. The normalized spacial score (nSPS) is 10.2. The van der Waals surface area contributed by atoms with Crippen LogP contribution in [0.1, 0.15) is 16.1 Å². The summed E-state index contributed by atoms with van der Waals surface area (Å²) in [6.07, 6.45) is 1.60. The predicted molar refractivity (Wildman–Crippen MR) is 76.1 cm³/mol. The van der Waals surface area contributed by atoms with Gasteiger partial charge >= 0.3 is 0 Å². The van der Waals surface area contributed by atoms with Crippen molar-refractivity contribution in [3.8, 4) is 0 Å². The van der Waals surface area contributed by atoms with E-state index in [0.29, 0.717) is 16.4 Å². The molecule has 1 aromatic carbocycles. The molecule has 0 bridgehead atoms. The molecule has 1 heterocycles. The number of aromatic nitrogens is 1. The van der Waals surface area contributed by atoms with Crippen LogP contribution in [0.4, 0.5) is 5.69 Å². The van der Waals surface area contributed by atoms with E-state index in [9.17, 15) is 4.79 Å². The zero-order valence-corrected chi connectivity index (χ0v) is 11.9. The van der Waals surface area contributed by atoms with Crippen LogP contribution in [0.2, 0.25) is 5.02 Å². The summed E-state index contributed by atoms with van der Waals surface area (Å²) in [7, 11) is 0. The summed E-state index contributed by atoms with van der Waals surface area (Å²) < 4.78 is 0.850. The van der Waals surface area contributed by atoms with Crippen molar-refractivity contribution >= 4 is 39.1 Å². The van der Waals surface area contributed by atoms with Crippen molar-refractivity contribution in [2.75, 3.05) is 5.32 Å². The van der Waals surface area contributed by atoms with Gasteiger partial charge in [0.05, 0.1) is 0 Å². The number of pyridine rings is 1. The number of halogens is 2. The molecule has 0 radical (unpaired) electrons. The molecule has 2 rings (SSSR count). The first-order chi connectivity index (χ1) is 8.56. The van der Waals surface area contributed by atoms with Crippen molar-refractivity contribution in [2.24, 2.45) is 0 Å². The minimum absolute atomic E-state index is 0.234. The number of hydrogen-bond acceptors (Lipinski definition) is 2. The lowest BCUT2D eigenvalue weighted by atomic mass is 10.2. The molecule has 5 heteroatoms. The zero-order chi connectivity index (χ0) is 13.1. The van der Waals surface area contributed by atoms with E-state index in [2.05, 4.69) is 26.2 Å². The van der Waals surface area contributed by atoms with E-state index in [-0.39, 0.29) is 5.91 Å². The first kappa shape index (κ1) is 13.1. The molecule has 1 amide bonds. The number of anilines is 1. The maximum atomic E-state index is 12.0. The Balaban J connectivity index is 2.19. The standard InChI is InChI=1S/C13H10BrClN2O/c1-8-6-9(14)7-16-12(8)13(18)17-11-4-2-10(15)3-5-11/h2-7H,1H3,(H,17,18).